The molecule has 0 saturated carbocycles. The van der Waals surface area contributed by atoms with Gasteiger partial charge in [-0.2, -0.15) is 0 Å². The van der Waals surface area contributed by atoms with Gasteiger partial charge in [0, 0.05) is 16.7 Å². The average molecular weight is 388 g/mol. The van der Waals surface area contributed by atoms with Crippen molar-refractivity contribution in [3.63, 3.8) is 0 Å². The van der Waals surface area contributed by atoms with Crippen molar-refractivity contribution in [2.75, 3.05) is 6.61 Å². The lowest BCUT2D eigenvalue weighted by atomic mass is 9.98. The smallest absolute Gasteiger partial charge is 0.193 e. The molecular formula is C24H21NO2S. The van der Waals surface area contributed by atoms with Gasteiger partial charge in [0.2, 0.25) is 0 Å². The van der Waals surface area contributed by atoms with Crippen LogP contribution in [-0.2, 0) is 0 Å². The molecule has 3 nitrogen and oxygen atoms in total. The Hall–Kier alpha value is -2.98. The van der Waals surface area contributed by atoms with Crippen molar-refractivity contribution in [3.8, 4) is 16.3 Å². The summed E-state index contributed by atoms with van der Waals surface area (Å²) in [5.74, 6) is 0.791. The molecular weight excluding hydrogens is 366 g/mol. The van der Waals surface area contributed by atoms with E-state index in [1.807, 2.05) is 66.7 Å². The fourth-order valence-corrected chi connectivity index (χ4v) is 4.05. The highest BCUT2D eigenvalue weighted by Crippen LogP contribution is 2.33. The van der Waals surface area contributed by atoms with Crippen LogP contribution in [0.25, 0.3) is 20.8 Å². The third-order valence-electron chi connectivity index (χ3n) is 4.58. The summed E-state index contributed by atoms with van der Waals surface area (Å²) in [6.45, 7) is 2.83. The molecule has 0 radical (unpaired) electrons. The summed E-state index contributed by atoms with van der Waals surface area (Å²) in [4.78, 5) is 17.9. The predicted molar refractivity (Wildman–Crippen MR) is 115 cm³/mol. The van der Waals surface area contributed by atoms with Crippen LogP contribution in [-0.4, -0.2) is 17.4 Å². The Labute approximate surface area is 168 Å². The van der Waals surface area contributed by atoms with E-state index >= 15 is 0 Å². The number of benzene rings is 3. The molecule has 140 valence electrons. The standard InChI is InChI=1S/C24H21NO2S/c1-2-3-16-27-18-14-12-17(13-15-18)23(26)19-8-4-5-9-20(19)24-25-21-10-6-7-11-22(21)28-24/h4-15H,2-3,16H2,1H3. The molecule has 3 aromatic carbocycles. The van der Waals surface area contributed by atoms with Crippen molar-refractivity contribution < 1.29 is 9.53 Å². The molecule has 0 fully saturated rings. The van der Waals surface area contributed by atoms with E-state index in [1.54, 1.807) is 11.3 Å². The van der Waals surface area contributed by atoms with Crippen LogP contribution in [0.1, 0.15) is 35.7 Å². The zero-order valence-corrected chi connectivity index (χ0v) is 16.5. The summed E-state index contributed by atoms with van der Waals surface area (Å²) in [5.41, 5.74) is 3.15. The Balaban J connectivity index is 1.63. The van der Waals surface area contributed by atoms with Gasteiger partial charge in [-0.1, -0.05) is 49.7 Å². The van der Waals surface area contributed by atoms with Gasteiger partial charge >= 0.3 is 0 Å². The van der Waals surface area contributed by atoms with E-state index in [4.69, 9.17) is 9.72 Å². The first-order chi connectivity index (χ1) is 13.8. The van der Waals surface area contributed by atoms with Crippen LogP contribution in [0.5, 0.6) is 5.75 Å². The van der Waals surface area contributed by atoms with Crippen LogP contribution in [0.2, 0.25) is 0 Å². The summed E-state index contributed by atoms with van der Waals surface area (Å²) in [7, 11) is 0. The number of ketones is 1. The maximum absolute atomic E-state index is 13.2. The zero-order chi connectivity index (χ0) is 19.3. The Morgan fingerprint density at radius 3 is 2.50 bits per heavy atom. The topological polar surface area (TPSA) is 39.2 Å². The third-order valence-corrected chi connectivity index (χ3v) is 5.65. The molecule has 4 aromatic rings. The monoisotopic (exact) mass is 387 g/mol. The number of nitrogens with zero attached hydrogens (tertiary/aromatic N) is 1. The number of carbonyl (C=O) groups excluding carboxylic acids is 1. The number of rotatable bonds is 7. The molecule has 0 atom stereocenters. The Kier molecular flexibility index (Phi) is 5.49. The Morgan fingerprint density at radius 1 is 0.964 bits per heavy atom. The lowest BCUT2D eigenvalue weighted by molar-refractivity contribution is 0.103. The van der Waals surface area contributed by atoms with Gasteiger partial charge in [-0.15, -0.1) is 11.3 Å². The molecule has 28 heavy (non-hydrogen) atoms. The molecule has 4 heteroatoms. The predicted octanol–water partition coefficient (Wildman–Crippen LogP) is 6.37. The highest BCUT2D eigenvalue weighted by Gasteiger charge is 2.17. The molecule has 4 rings (SSSR count). The quantitative estimate of drug-likeness (QED) is 0.273. The highest BCUT2D eigenvalue weighted by molar-refractivity contribution is 7.21. The van der Waals surface area contributed by atoms with Gasteiger partial charge in [0.25, 0.3) is 0 Å². The van der Waals surface area contributed by atoms with E-state index in [2.05, 4.69) is 13.0 Å². The normalized spacial score (nSPS) is 10.9. The van der Waals surface area contributed by atoms with Gasteiger partial charge in [0.05, 0.1) is 16.8 Å². The van der Waals surface area contributed by atoms with Crippen LogP contribution >= 0.6 is 11.3 Å². The summed E-state index contributed by atoms with van der Waals surface area (Å²) >= 11 is 1.61. The number of hydrogen-bond acceptors (Lipinski definition) is 4. The number of ether oxygens (including phenoxy) is 1. The molecule has 1 heterocycles. The second-order valence-corrected chi connectivity index (χ2v) is 7.62. The van der Waals surface area contributed by atoms with Crippen LogP contribution < -0.4 is 4.74 Å². The van der Waals surface area contributed by atoms with Crippen LogP contribution in [0.15, 0.2) is 72.8 Å². The van der Waals surface area contributed by atoms with Crippen LogP contribution in [0.3, 0.4) is 0 Å². The molecule has 0 saturated heterocycles. The summed E-state index contributed by atoms with van der Waals surface area (Å²) in [5, 5.41) is 0.865. The maximum Gasteiger partial charge on any atom is 0.193 e. The van der Waals surface area contributed by atoms with Gasteiger partial charge in [0.15, 0.2) is 5.78 Å². The first-order valence-corrected chi connectivity index (χ1v) is 10.3. The Bertz CT molecular complexity index is 1070. The van der Waals surface area contributed by atoms with Crippen LogP contribution in [0, 0.1) is 0 Å². The highest BCUT2D eigenvalue weighted by atomic mass is 32.1. The minimum atomic E-state index is -0.00466. The van der Waals surface area contributed by atoms with E-state index in [0.717, 1.165) is 39.4 Å². The number of unbranched alkanes of at least 4 members (excludes halogenated alkanes) is 1. The minimum Gasteiger partial charge on any atom is -0.494 e. The first-order valence-electron chi connectivity index (χ1n) is 9.49. The first kappa shape index (κ1) is 18.4. The second kappa shape index (κ2) is 8.36. The molecule has 0 spiro atoms. The lowest BCUT2D eigenvalue weighted by Crippen LogP contribution is -2.04. The molecule has 0 aliphatic carbocycles. The number of aromatic nitrogens is 1. The van der Waals surface area contributed by atoms with Crippen molar-refractivity contribution in [3.05, 3.63) is 83.9 Å². The molecule has 0 aliphatic rings. The molecule has 0 unspecified atom stereocenters. The number of fused-ring (bicyclic) bond motifs is 1. The number of carbonyl (C=O) groups is 1. The maximum atomic E-state index is 13.2. The van der Waals surface area contributed by atoms with Gasteiger partial charge < -0.3 is 4.74 Å². The second-order valence-electron chi connectivity index (χ2n) is 6.59. The number of hydrogen-bond donors (Lipinski definition) is 0. The van der Waals surface area contributed by atoms with Crippen molar-refractivity contribution in [2.24, 2.45) is 0 Å². The summed E-state index contributed by atoms with van der Waals surface area (Å²) < 4.78 is 6.81. The number of thiazole rings is 1. The zero-order valence-electron chi connectivity index (χ0n) is 15.7. The molecule has 0 aliphatic heterocycles. The largest absolute Gasteiger partial charge is 0.494 e. The van der Waals surface area contributed by atoms with E-state index in [1.165, 1.54) is 0 Å². The Morgan fingerprint density at radius 2 is 1.71 bits per heavy atom. The van der Waals surface area contributed by atoms with E-state index in [9.17, 15) is 4.79 Å². The van der Waals surface area contributed by atoms with Crippen molar-refractivity contribution in [2.45, 2.75) is 19.8 Å². The van der Waals surface area contributed by atoms with Crippen LogP contribution in [0.4, 0.5) is 0 Å². The van der Waals surface area contributed by atoms with E-state index in [-0.39, 0.29) is 5.78 Å². The van der Waals surface area contributed by atoms with Crippen molar-refractivity contribution in [1.29, 1.82) is 0 Å². The molecule has 1 aromatic heterocycles. The lowest BCUT2D eigenvalue weighted by Gasteiger charge is -2.08. The van der Waals surface area contributed by atoms with Gasteiger partial charge in [-0.3, -0.25) is 4.79 Å². The third kappa shape index (κ3) is 3.82. The average Bonchev–Trinajstić information content (AvgIpc) is 3.18. The van der Waals surface area contributed by atoms with E-state index in [0.29, 0.717) is 17.7 Å². The van der Waals surface area contributed by atoms with Gasteiger partial charge in [-0.25, -0.2) is 4.98 Å². The fraction of sp³-hybridized carbons (Fsp3) is 0.167. The molecule has 0 N–H and O–H groups in total. The molecule has 0 amide bonds. The van der Waals surface area contributed by atoms with Gasteiger partial charge in [-0.05, 0) is 42.8 Å². The fourth-order valence-electron chi connectivity index (χ4n) is 3.05. The summed E-state index contributed by atoms with van der Waals surface area (Å²) in [6, 6.07) is 23.1. The SMILES string of the molecule is CCCCOc1ccc(C(=O)c2ccccc2-c2nc3ccccc3s2)cc1. The minimum absolute atomic E-state index is 0.00466. The van der Waals surface area contributed by atoms with Crippen molar-refractivity contribution >= 4 is 27.3 Å². The molecule has 0 bridgehead atoms. The van der Waals surface area contributed by atoms with Gasteiger partial charge in [0.1, 0.15) is 10.8 Å². The summed E-state index contributed by atoms with van der Waals surface area (Å²) in [6.07, 6.45) is 2.12. The van der Waals surface area contributed by atoms with E-state index < -0.39 is 0 Å². The van der Waals surface area contributed by atoms with Crippen molar-refractivity contribution in [1.82, 2.24) is 4.98 Å². The number of para-hydroxylation sites is 1.